The van der Waals surface area contributed by atoms with Crippen LogP contribution >= 0.6 is 0 Å². The van der Waals surface area contributed by atoms with Crippen LogP contribution in [0.1, 0.15) is 13.3 Å². The Bertz CT molecular complexity index is 1170. The topological polar surface area (TPSA) is 152 Å². The van der Waals surface area contributed by atoms with Crippen molar-refractivity contribution >= 4 is 33.4 Å². The number of carbonyl (C=O) groups is 1. The number of amides is 1. The molecular weight excluding hydrogens is 418 g/mol. The van der Waals surface area contributed by atoms with Crippen LogP contribution in [0.2, 0.25) is 0 Å². The van der Waals surface area contributed by atoms with Crippen LogP contribution in [0.3, 0.4) is 0 Å². The van der Waals surface area contributed by atoms with E-state index < -0.39 is 10.0 Å². The summed E-state index contributed by atoms with van der Waals surface area (Å²) >= 11 is 0. The summed E-state index contributed by atoms with van der Waals surface area (Å²) in [5.74, 6) is 0.893. The number of hydrogen-bond acceptors (Lipinski definition) is 8. The Kier molecular flexibility index (Phi) is 7.11. The summed E-state index contributed by atoms with van der Waals surface area (Å²) in [5, 5.41) is 14.2. The Balaban J connectivity index is 1.76. The smallest absolute Gasteiger partial charge is 0.238 e. The maximum Gasteiger partial charge on any atom is 0.238 e. The second kappa shape index (κ2) is 9.96. The molecule has 0 saturated carbocycles. The van der Waals surface area contributed by atoms with Crippen molar-refractivity contribution in [2.24, 2.45) is 5.14 Å². The number of rotatable bonds is 9. The molecule has 1 amide bonds. The molecule has 2 heterocycles. The Labute approximate surface area is 180 Å². The van der Waals surface area contributed by atoms with Gasteiger partial charge in [-0.05, 0) is 42.8 Å². The Morgan fingerprint density at radius 2 is 1.90 bits per heavy atom. The largest absolute Gasteiger partial charge is 0.369 e. The number of aromatic nitrogens is 3. The third kappa shape index (κ3) is 6.46. The molecule has 2 aromatic heterocycles. The van der Waals surface area contributed by atoms with Gasteiger partial charge in [-0.15, -0.1) is 0 Å². The number of nitrogens with zero attached hydrogens (tertiary/aromatic N) is 3. The van der Waals surface area contributed by atoms with Gasteiger partial charge in [0.1, 0.15) is 5.82 Å². The van der Waals surface area contributed by atoms with E-state index in [4.69, 9.17) is 5.14 Å². The van der Waals surface area contributed by atoms with Gasteiger partial charge in [0.15, 0.2) is 0 Å². The molecule has 3 aromatic rings. The van der Waals surface area contributed by atoms with Crippen molar-refractivity contribution in [2.75, 3.05) is 23.7 Å². The van der Waals surface area contributed by atoms with Gasteiger partial charge < -0.3 is 16.0 Å². The van der Waals surface area contributed by atoms with Crippen molar-refractivity contribution in [3.63, 3.8) is 0 Å². The summed E-state index contributed by atoms with van der Waals surface area (Å²) in [6.45, 7) is 2.68. The molecule has 10 nitrogen and oxygen atoms in total. The molecule has 3 rings (SSSR count). The first kappa shape index (κ1) is 22.1. The number of nitrogens with two attached hydrogens (primary N) is 1. The highest BCUT2D eigenvalue weighted by Gasteiger charge is 2.11. The molecule has 31 heavy (non-hydrogen) atoms. The first-order valence-electron chi connectivity index (χ1n) is 9.49. The molecule has 0 spiro atoms. The normalized spacial score (nSPS) is 11.0. The first-order chi connectivity index (χ1) is 14.8. The van der Waals surface area contributed by atoms with Crippen LogP contribution in [0.15, 0.2) is 59.8 Å². The molecule has 0 radical (unpaired) electrons. The fourth-order valence-corrected chi connectivity index (χ4v) is 3.32. The van der Waals surface area contributed by atoms with Crippen LogP contribution in [-0.2, 0) is 14.8 Å². The summed E-state index contributed by atoms with van der Waals surface area (Å²) in [5.41, 5.74) is 1.91. The van der Waals surface area contributed by atoms with E-state index in [9.17, 15) is 13.2 Å². The number of benzene rings is 1. The van der Waals surface area contributed by atoms with Gasteiger partial charge in [0.2, 0.25) is 21.9 Å². The van der Waals surface area contributed by atoms with E-state index in [0.717, 1.165) is 12.0 Å². The van der Waals surface area contributed by atoms with Gasteiger partial charge >= 0.3 is 0 Å². The number of pyridine rings is 1. The Hall–Kier alpha value is -3.57. The monoisotopic (exact) mass is 441 g/mol. The zero-order valence-corrected chi connectivity index (χ0v) is 17.7. The van der Waals surface area contributed by atoms with Crippen LogP contribution in [0, 0.1) is 0 Å². The number of hydrogen-bond donors (Lipinski definition) is 4. The van der Waals surface area contributed by atoms with Crippen LogP contribution < -0.4 is 21.1 Å². The average Bonchev–Trinajstić information content (AvgIpc) is 2.73. The molecule has 0 aliphatic carbocycles. The van der Waals surface area contributed by atoms with E-state index in [1.165, 1.54) is 19.1 Å². The van der Waals surface area contributed by atoms with Gasteiger partial charge in [-0.2, -0.15) is 0 Å². The quantitative estimate of drug-likeness (QED) is 0.367. The predicted molar refractivity (Wildman–Crippen MR) is 118 cm³/mol. The first-order valence-corrected chi connectivity index (χ1v) is 11.0. The second-order valence-electron chi connectivity index (χ2n) is 6.63. The third-order valence-electron chi connectivity index (χ3n) is 4.18. The molecule has 0 bridgehead atoms. The van der Waals surface area contributed by atoms with Crippen molar-refractivity contribution in [1.82, 2.24) is 20.3 Å². The summed E-state index contributed by atoms with van der Waals surface area (Å²) in [6, 6.07) is 11.5. The minimum atomic E-state index is -3.81. The maximum absolute atomic E-state index is 11.6. The lowest BCUT2D eigenvalue weighted by molar-refractivity contribution is -0.118. The standard InChI is InChI=1S/C20H23N7O3S/c1-14(28)22-10-4-11-24-19-17(7-3-9-23-19)18-8-12-25-20(27-18)26-15-5-2-6-16(13-15)31(21,29)30/h2-3,5-9,12-13H,4,10-11H2,1H3,(H,22,28)(H,23,24)(H2,21,29,30)(H,25,26,27). The van der Waals surface area contributed by atoms with Crippen molar-refractivity contribution < 1.29 is 13.2 Å². The van der Waals surface area contributed by atoms with E-state index >= 15 is 0 Å². The lowest BCUT2D eigenvalue weighted by atomic mass is 10.2. The van der Waals surface area contributed by atoms with Crippen LogP contribution in [0.5, 0.6) is 0 Å². The number of anilines is 3. The van der Waals surface area contributed by atoms with Crippen molar-refractivity contribution in [1.29, 1.82) is 0 Å². The molecule has 162 valence electrons. The Morgan fingerprint density at radius 1 is 1.06 bits per heavy atom. The molecular formula is C20H23N7O3S. The van der Waals surface area contributed by atoms with E-state index in [1.807, 2.05) is 12.1 Å². The fraction of sp³-hybridized carbons (Fsp3) is 0.200. The van der Waals surface area contributed by atoms with Gasteiger partial charge in [0.05, 0.1) is 10.6 Å². The molecule has 5 N–H and O–H groups in total. The highest BCUT2D eigenvalue weighted by molar-refractivity contribution is 7.89. The van der Waals surface area contributed by atoms with Gasteiger partial charge in [-0.1, -0.05) is 6.07 Å². The van der Waals surface area contributed by atoms with E-state index in [0.29, 0.717) is 36.2 Å². The molecule has 1 aromatic carbocycles. The molecule has 0 unspecified atom stereocenters. The van der Waals surface area contributed by atoms with Gasteiger partial charge in [-0.3, -0.25) is 4.79 Å². The summed E-state index contributed by atoms with van der Waals surface area (Å²) in [7, 11) is -3.81. The highest BCUT2D eigenvalue weighted by Crippen LogP contribution is 2.25. The zero-order chi connectivity index (χ0) is 22.3. The average molecular weight is 442 g/mol. The molecule has 11 heteroatoms. The lowest BCUT2D eigenvalue weighted by Gasteiger charge is -2.12. The number of nitrogens with one attached hydrogen (secondary N) is 3. The molecule has 0 saturated heterocycles. The highest BCUT2D eigenvalue weighted by atomic mass is 32.2. The van der Waals surface area contributed by atoms with Gasteiger partial charge in [-0.25, -0.2) is 28.5 Å². The summed E-state index contributed by atoms with van der Waals surface area (Å²) in [6.07, 6.45) is 4.02. The predicted octanol–water partition coefficient (Wildman–Crippen LogP) is 1.87. The summed E-state index contributed by atoms with van der Waals surface area (Å²) in [4.78, 5) is 24.0. The maximum atomic E-state index is 11.6. The van der Waals surface area contributed by atoms with Crippen LogP contribution in [0.4, 0.5) is 17.5 Å². The molecule has 0 aliphatic rings. The van der Waals surface area contributed by atoms with E-state index in [-0.39, 0.29) is 10.8 Å². The van der Waals surface area contributed by atoms with Gasteiger partial charge in [0, 0.05) is 43.7 Å². The van der Waals surface area contributed by atoms with Gasteiger partial charge in [0.25, 0.3) is 0 Å². The second-order valence-corrected chi connectivity index (χ2v) is 8.19. The SMILES string of the molecule is CC(=O)NCCCNc1ncccc1-c1ccnc(Nc2cccc(S(N)(=O)=O)c2)n1. The van der Waals surface area contributed by atoms with Crippen molar-refractivity contribution in [2.45, 2.75) is 18.2 Å². The van der Waals surface area contributed by atoms with Crippen LogP contribution in [-0.4, -0.2) is 42.4 Å². The number of sulfonamides is 1. The van der Waals surface area contributed by atoms with E-state index in [1.54, 1.807) is 30.6 Å². The fourth-order valence-electron chi connectivity index (χ4n) is 2.76. The zero-order valence-electron chi connectivity index (χ0n) is 16.9. The molecule has 0 fully saturated rings. The lowest BCUT2D eigenvalue weighted by Crippen LogP contribution is -2.22. The van der Waals surface area contributed by atoms with Crippen molar-refractivity contribution in [3.05, 3.63) is 54.9 Å². The van der Waals surface area contributed by atoms with Crippen LogP contribution in [0.25, 0.3) is 11.3 Å². The van der Waals surface area contributed by atoms with E-state index in [2.05, 4.69) is 30.9 Å². The third-order valence-corrected chi connectivity index (χ3v) is 5.09. The Morgan fingerprint density at radius 3 is 2.68 bits per heavy atom. The molecule has 0 atom stereocenters. The van der Waals surface area contributed by atoms with Crippen molar-refractivity contribution in [3.8, 4) is 11.3 Å². The minimum absolute atomic E-state index is 0.00772. The minimum Gasteiger partial charge on any atom is -0.369 e. The summed E-state index contributed by atoms with van der Waals surface area (Å²) < 4.78 is 23.1. The number of primary sulfonamides is 1. The number of carbonyl (C=O) groups excluding carboxylic acids is 1. The molecule has 0 aliphatic heterocycles.